The first kappa shape index (κ1) is 12.0. The lowest BCUT2D eigenvalue weighted by molar-refractivity contribution is -0.156. The number of carboxylic acid groups (broad SMARTS) is 1. The number of nitriles is 1. The molecule has 1 N–H and O–H groups in total. The number of ketones is 3. The molecule has 1 rings (SSSR count). The maximum Gasteiger partial charge on any atom is 0.324 e. The summed E-state index contributed by atoms with van der Waals surface area (Å²) in [4.78, 5) is 44.8. The standard InChI is InChI=1S/C10H9NO5/c1-5(12)8-6(13)2-10(4-11,9(15)16)3-7(8)14/h8H,2-3H2,1H3,(H,15,16). The summed E-state index contributed by atoms with van der Waals surface area (Å²) in [5, 5.41) is 17.6. The molecule has 0 spiro atoms. The molecule has 0 bridgehead atoms. The molecule has 0 unspecified atom stereocenters. The number of carbonyl (C=O) groups is 4. The molecule has 0 amide bonds. The van der Waals surface area contributed by atoms with Gasteiger partial charge in [0.15, 0.2) is 17.0 Å². The van der Waals surface area contributed by atoms with Crippen LogP contribution in [0.5, 0.6) is 0 Å². The van der Waals surface area contributed by atoms with Gasteiger partial charge in [-0.25, -0.2) is 0 Å². The monoisotopic (exact) mass is 223 g/mol. The van der Waals surface area contributed by atoms with E-state index in [2.05, 4.69) is 0 Å². The van der Waals surface area contributed by atoms with Crippen molar-refractivity contribution in [2.45, 2.75) is 19.8 Å². The van der Waals surface area contributed by atoms with Crippen LogP contribution in [0, 0.1) is 22.7 Å². The normalized spacial score (nSPS) is 29.6. The minimum atomic E-state index is -2.00. The molecule has 6 heteroatoms. The largest absolute Gasteiger partial charge is 0.480 e. The van der Waals surface area contributed by atoms with Gasteiger partial charge in [-0.1, -0.05) is 0 Å². The van der Waals surface area contributed by atoms with Crippen molar-refractivity contribution >= 4 is 23.3 Å². The highest BCUT2D eigenvalue weighted by molar-refractivity contribution is 6.22. The van der Waals surface area contributed by atoms with Crippen molar-refractivity contribution in [1.29, 1.82) is 5.26 Å². The second-order valence-electron chi connectivity index (χ2n) is 3.83. The first-order valence-electron chi connectivity index (χ1n) is 4.54. The van der Waals surface area contributed by atoms with Gasteiger partial charge in [0.2, 0.25) is 0 Å². The van der Waals surface area contributed by atoms with Gasteiger partial charge in [-0.15, -0.1) is 0 Å². The SMILES string of the molecule is CC(=O)C1C(=O)CC(C#N)(C(=O)O)CC1=O. The molecule has 0 heterocycles. The fourth-order valence-corrected chi connectivity index (χ4v) is 1.77. The number of hydrogen-bond donors (Lipinski definition) is 1. The van der Waals surface area contributed by atoms with Crippen LogP contribution in [0.2, 0.25) is 0 Å². The number of Topliss-reactive ketones (excluding diaryl/α,β-unsaturated/α-hetero) is 3. The summed E-state index contributed by atoms with van der Waals surface area (Å²) in [5.41, 5.74) is -2.00. The van der Waals surface area contributed by atoms with E-state index in [4.69, 9.17) is 10.4 Å². The molecule has 1 saturated carbocycles. The van der Waals surface area contributed by atoms with Crippen LogP contribution < -0.4 is 0 Å². The summed E-state index contributed by atoms with van der Waals surface area (Å²) in [6.45, 7) is 1.10. The molecule has 6 nitrogen and oxygen atoms in total. The van der Waals surface area contributed by atoms with Gasteiger partial charge in [-0.3, -0.25) is 19.2 Å². The van der Waals surface area contributed by atoms with E-state index in [1.54, 1.807) is 0 Å². The van der Waals surface area contributed by atoms with E-state index in [0.29, 0.717) is 0 Å². The molecule has 0 aromatic rings. The highest BCUT2D eigenvalue weighted by Crippen LogP contribution is 2.35. The Morgan fingerprint density at radius 1 is 1.38 bits per heavy atom. The summed E-state index contributed by atoms with van der Waals surface area (Å²) in [6, 6.07) is 1.48. The Bertz CT molecular complexity index is 413. The highest BCUT2D eigenvalue weighted by Gasteiger charge is 2.51. The van der Waals surface area contributed by atoms with Gasteiger partial charge < -0.3 is 5.11 Å². The molecule has 0 aliphatic heterocycles. The smallest absolute Gasteiger partial charge is 0.324 e. The predicted octanol–water partition coefficient (Wildman–Crippen LogP) is -0.282. The van der Waals surface area contributed by atoms with E-state index in [-0.39, 0.29) is 0 Å². The van der Waals surface area contributed by atoms with Crippen LogP contribution in [0.1, 0.15) is 19.8 Å². The molecular formula is C10H9NO5. The van der Waals surface area contributed by atoms with Gasteiger partial charge in [0.25, 0.3) is 0 Å². The Morgan fingerprint density at radius 3 is 2.06 bits per heavy atom. The van der Waals surface area contributed by atoms with Crippen LogP contribution >= 0.6 is 0 Å². The second-order valence-corrected chi connectivity index (χ2v) is 3.83. The highest BCUT2D eigenvalue weighted by atomic mass is 16.4. The van der Waals surface area contributed by atoms with Crippen LogP contribution in [-0.4, -0.2) is 28.4 Å². The number of hydrogen-bond acceptors (Lipinski definition) is 5. The molecule has 1 fully saturated rings. The van der Waals surface area contributed by atoms with Crippen LogP contribution in [0.3, 0.4) is 0 Å². The average Bonchev–Trinajstić information content (AvgIpc) is 2.15. The minimum absolute atomic E-state index is 0.588. The zero-order valence-corrected chi connectivity index (χ0v) is 8.52. The van der Waals surface area contributed by atoms with E-state index in [1.165, 1.54) is 6.07 Å². The Morgan fingerprint density at radius 2 is 1.81 bits per heavy atom. The molecule has 0 saturated heterocycles. The zero-order chi connectivity index (χ0) is 12.5. The topological polar surface area (TPSA) is 112 Å². The number of aliphatic carboxylic acids is 1. The van der Waals surface area contributed by atoms with Crippen LogP contribution in [0.25, 0.3) is 0 Å². The van der Waals surface area contributed by atoms with Crippen LogP contribution in [0.4, 0.5) is 0 Å². The lowest BCUT2D eigenvalue weighted by atomic mass is 9.69. The quantitative estimate of drug-likeness (QED) is 0.644. The Labute approximate surface area is 90.9 Å². The van der Waals surface area contributed by atoms with Crippen molar-refractivity contribution in [3.8, 4) is 6.07 Å². The van der Waals surface area contributed by atoms with E-state index in [1.807, 2.05) is 0 Å². The van der Waals surface area contributed by atoms with Gasteiger partial charge in [0.1, 0.15) is 11.7 Å². The van der Waals surface area contributed by atoms with E-state index >= 15 is 0 Å². The molecule has 1 aliphatic rings. The molecule has 0 radical (unpaired) electrons. The zero-order valence-electron chi connectivity index (χ0n) is 8.52. The summed E-state index contributed by atoms with van der Waals surface area (Å²) in [6.07, 6.45) is -1.18. The van der Waals surface area contributed by atoms with Gasteiger partial charge in [0, 0.05) is 12.8 Å². The van der Waals surface area contributed by atoms with Gasteiger partial charge in [-0.05, 0) is 6.92 Å². The summed E-state index contributed by atoms with van der Waals surface area (Å²) in [7, 11) is 0. The van der Waals surface area contributed by atoms with Crippen molar-refractivity contribution < 1.29 is 24.3 Å². The minimum Gasteiger partial charge on any atom is -0.480 e. The summed E-state index contributed by atoms with van der Waals surface area (Å²) < 4.78 is 0. The number of carbonyl (C=O) groups excluding carboxylic acids is 3. The summed E-state index contributed by atoms with van der Waals surface area (Å²) in [5.74, 6) is -5.06. The van der Waals surface area contributed by atoms with Gasteiger partial charge in [-0.2, -0.15) is 5.26 Å². The van der Waals surface area contributed by atoms with Gasteiger partial charge >= 0.3 is 5.97 Å². The molecule has 84 valence electrons. The third kappa shape index (κ3) is 1.72. The fraction of sp³-hybridized carbons (Fsp3) is 0.500. The number of nitrogens with zero attached hydrogens (tertiary/aromatic N) is 1. The lowest BCUT2D eigenvalue weighted by Crippen LogP contribution is -2.46. The van der Waals surface area contributed by atoms with Crippen LogP contribution in [-0.2, 0) is 19.2 Å². The Balaban J connectivity index is 3.11. The van der Waals surface area contributed by atoms with Crippen molar-refractivity contribution in [3.63, 3.8) is 0 Å². The van der Waals surface area contributed by atoms with Gasteiger partial charge in [0.05, 0.1) is 6.07 Å². The predicted molar refractivity (Wildman–Crippen MR) is 49.1 cm³/mol. The van der Waals surface area contributed by atoms with E-state index < -0.39 is 47.5 Å². The number of rotatable bonds is 2. The Hall–Kier alpha value is -2.03. The molecular weight excluding hydrogens is 214 g/mol. The van der Waals surface area contributed by atoms with E-state index in [0.717, 1.165) is 6.92 Å². The third-order valence-corrected chi connectivity index (χ3v) is 2.63. The second kappa shape index (κ2) is 3.85. The van der Waals surface area contributed by atoms with E-state index in [9.17, 15) is 19.2 Å². The van der Waals surface area contributed by atoms with Crippen molar-refractivity contribution in [1.82, 2.24) is 0 Å². The van der Waals surface area contributed by atoms with Crippen LogP contribution in [0.15, 0.2) is 0 Å². The average molecular weight is 223 g/mol. The molecule has 0 aromatic heterocycles. The molecule has 0 aromatic carbocycles. The van der Waals surface area contributed by atoms with Crippen molar-refractivity contribution in [3.05, 3.63) is 0 Å². The Kier molecular flexibility index (Phi) is 2.90. The molecule has 1 aliphatic carbocycles. The van der Waals surface area contributed by atoms with Crippen molar-refractivity contribution in [2.75, 3.05) is 0 Å². The maximum absolute atomic E-state index is 11.5. The third-order valence-electron chi connectivity index (χ3n) is 2.63. The summed E-state index contributed by atoms with van der Waals surface area (Å²) >= 11 is 0. The molecule has 0 atom stereocenters. The molecule has 16 heavy (non-hydrogen) atoms. The first-order valence-corrected chi connectivity index (χ1v) is 4.54. The first-order chi connectivity index (χ1) is 7.34. The lowest BCUT2D eigenvalue weighted by Gasteiger charge is -2.28. The number of carboxylic acids is 1. The maximum atomic E-state index is 11.5. The fourth-order valence-electron chi connectivity index (χ4n) is 1.77. The van der Waals surface area contributed by atoms with Crippen molar-refractivity contribution in [2.24, 2.45) is 11.3 Å².